The summed E-state index contributed by atoms with van der Waals surface area (Å²) in [5, 5.41) is 1.50. The van der Waals surface area contributed by atoms with Gasteiger partial charge in [0.2, 0.25) is 0 Å². The van der Waals surface area contributed by atoms with E-state index < -0.39 is 63.0 Å². The molecular weight excluding hydrogens is 622 g/mol. The van der Waals surface area contributed by atoms with Crippen molar-refractivity contribution in [2.45, 2.75) is 31.2 Å². The lowest BCUT2D eigenvalue weighted by Gasteiger charge is -2.19. The van der Waals surface area contributed by atoms with Crippen LogP contribution in [0.5, 0.6) is 0 Å². The van der Waals surface area contributed by atoms with Gasteiger partial charge in [-0.15, -0.1) is 0 Å². The summed E-state index contributed by atoms with van der Waals surface area (Å²) in [5.74, 6) is -7.78. The van der Waals surface area contributed by atoms with Crippen LogP contribution in [0.25, 0.3) is 11.9 Å². The Kier molecular flexibility index (Phi) is 10.5. The van der Waals surface area contributed by atoms with E-state index in [0.29, 0.717) is 0 Å². The largest absolute Gasteiger partial charge is 0.402 e. The van der Waals surface area contributed by atoms with E-state index in [-0.39, 0.29) is 37.8 Å². The van der Waals surface area contributed by atoms with Gasteiger partial charge in [0.15, 0.2) is 9.84 Å². The zero-order valence-corrected chi connectivity index (χ0v) is 22.8. The fourth-order valence-corrected chi connectivity index (χ4v) is 5.57. The predicted octanol–water partition coefficient (Wildman–Crippen LogP) is 8.04. The highest BCUT2D eigenvalue weighted by atomic mass is 35.5. The summed E-state index contributed by atoms with van der Waals surface area (Å²) < 4.78 is 117. The highest BCUT2D eigenvalue weighted by Crippen LogP contribution is 2.42. The number of sulfone groups is 1. The molecule has 214 valence electrons. The smallest absolute Gasteiger partial charge is 0.349 e. The Morgan fingerprint density at radius 3 is 2.10 bits per heavy atom. The Hall–Kier alpha value is -2.28. The van der Waals surface area contributed by atoms with Crippen molar-refractivity contribution in [3.63, 3.8) is 0 Å². The van der Waals surface area contributed by atoms with Gasteiger partial charge in [0.25, 0.3) is 5.91 Å². The molecule has 1 unspecified atom stereocenters. The van der Waals surface area contributed by atoms with E-state index in [4.69, 9.17) is 34.8 Å². The number of hydrogen-bond donors (Lipinski definition) is 1. The molecule has 15 heteroatoms. The molecule has 0 saturated heterocycles. The molecule has 0 aromatic heterocycles. The molecule has 2 aromatic rings. The van der Waals surface area contributed by atoms with Gasteiger partial charge in [0, 0.05) is 17.2 Å². The fraction of sp³-hybridized carbons (Fsp3) is 0.292. The minimum Gasteiger partial charge on any atom is -0.349 e. The SMILES string of the molecule is C=Cc1cc(/C(F)=C/C(c2cc(Cl)c(Cl)c(Cl)c2)C(F)(F)F)ccc1C(=O)N[C@H](C)CS(=O)(=O)CC(F)(F)F. The van der Waals surface area contributed by atoms with Crippen molar-refractivity contribution in [1.29, 1.82) is 0 Å². The topological polar surface area (TPSA) is 63.2 Å². The molecule has 1 amide bonds. The standard InChI is InChI=1S/C24H19Cl3F7NO3S/c1-3-13-6-14(4-5-16(13)22(36)35-12(2)10-39(37,38)11-23(29,30)31)20(28)9-17(24(32,33)34)15-7-18(25)21(27)19(26)8-15/h3-9,12,17H,1,10-11H2,2H3,(H,35,36)/b20-9-/t12-,17?/m1/s1. The molecule has 0 heterocycles. The number of halogens is 10. The Morgan fingerprint density at radius 1 is 1.05 bits per heavy atom. The average molecular weight is 641 g/mol. The summed E-state index contributed by atoms with van der Waals surface area (Å²) in [6.45, 7) is 4.63. The molecule has 0 aliphatic rings. The number of alkyl halides is 6. The van der Waals surface area contributed by atoms with Crippen LogP contribution in [0.4, 0.5) is 30.7 Å². The van der Waals surface area contributed by atoms with Gasteiger partial charge < -0.3 is 5.32 Å². The lowest BCUT2D eigenvalue weighted by Crippen LogP contribution is -2.40. The second-order valence-electron chi connectivity index (χ2n) is 8.38. The third-order valence-electron chi connectivity index (χ3n) is 5.09. The van der Waals surface area contributed by atoms with Gasteiger partial charge in [-0.2, -0.15) is 26.3 Å². The first-order valence-electron chi connectivity index (χ1n) is 10.7. The van der Waals surface area contributed by atoms with Gasteiger partial charge in [-0.1, -0.05) is 53.5 Å². The normalized spacial score (nSPS) is 14.6. The average Bonchev–Trinajstić information content (AvgIpc) is 2.76. The van der Waals surface area contributed by atoms with Crippen LogP contribution in [0, 0.1) is 0 Å². The van der Waals surface area contributed by atoms with E-state index in [2.05, 4.69) is 11.9 Å². The molecule has 0 spiro atoms. The summed E-state index contributed by atoms with van der Waals surface area (Å²) in [4.78, 5) is 12.6. The number of benzene rings is 2. The number of carbonyl (C=O) groups is 1. The maximum atomic E-state index is 15.0. The molecule has 4 nitrogen and oxygen atoms in total. The maximum absolute atomic E-state index is 15.0. The number of carbonyl (C=O) groups excluding carboxylic acids is 1. The zero-order chi connectivity index (χ0) is 29.9. The zero-order valence-electron chi connectivity index (χ0n) is 19.7. The van der Waals surface area contributed by atoms with Crippen LogP contribution in [0.2, 0.25) is 15.1 Å². The molecular formula is C24H19Cl3F7NO3S. The minimum atomic E-state index is -4.96. The molecule has 0 aliphatic heterocycles. The van der Waals surface area contributed by atoms with Gasteiger partial charge in [0.05, 0.1) is 20.8 Å². The van der Waals surface area contributed by atoms with Crippen molar-refractivity contribution in [1.82, 2.24) is 5.32 Å². The summed E-state index contributed by atoms with van der Waals surface area (Å²) in [5.41, 5.74) is -1.06. The first-order valence-corrected chi connectivity index (χ1v) is 13.6. The lowest BCUT2D eigenvalue weighted by atomic mass is 9.95. The van der Waals surface area contributed by atoms with Crippen molar-refractivity contribution in [3.8, 4) is 0 Å². The van der Waals surface area contributed by atoms with Crippen LogP contribution in [-0.4, -0.2) is 44.2 Å². The number of nitrogens with one attached hydrogen (secondary N) is 1. The van der Waals surface area contributed by atoms with E-state index in [0.717, 1.165) is 36.4 Å². The molecule has 0 aliphatic carbocycles. The Labute approximate surface area is 234 Å². The molecule has 0 radical (unpaired) electrons. The van der Waals surface area contributed by atoms with Gasteiger partial charge in [-0.25, -0.2) is 12.8 Å². The molecule has 0 saturated carbocycles. The van der Waals surface area contributed by atoms with Gasteiger partial charge in [-0.3, -0.25) is 4.79 Å². The molecule has 1 N–H and O–H groups in total. The van der Waals surface area contributed by atoms with Crippen molar-refractivity contribution < 1.29 is 43.9 Å². The highest BCUT2D eigenvalue weighted by Gasteiger charge is 2.40. The summed E-state index contributed by atoms with van der Waals surface area (Å²) in [6, 6.07) is 3.63. The van der Waals surface area contributed by atoms with E-state index in [1.165, 1.54) is 6.92 Å². The van der Waals surface area contributed by atoms with Crippen LogP contribution >= 0.6 is 34.8 Å². The molecule has 2 aromatic carbocycles. The van der Waals surface area contributed by atoms with E-state index in [9.17, 15) is 39.6 Å². The summed E-state index contributed by atoms with van der Waals surface area (Å²) in [7, 11) is -4.59. The van der Waals surface area contributed by atoms with Gasteiger partial charge in [-0.05, 0) is 48.4 Å². The van der Waals surface area contributed by atoms with E-state index in [1.807, 2.05) is 0 Å². The van der Waals surface area contributed by atoms with E-state index in [1.54, 1.807) is 0 Å². The number of amides is 1. The highest BCUT2D eigenvalue weighted by molar-refractivity contribution is 7.91. The van der Waals surface area contributed by atoms with Gasteiger partial charge >= 0.3 is 12.4 Å². The Bertz CT molecular complexity index is 1370. The fourth-order valence-electron chi connectivity index (χ4n) is 3.50. The molecule has 39 heavy (non-hydrogen) atoms. The first kappa shape index (κ1) is 32.9. The Balaban J connectivity index is 2.35. The van der Waals surface area contributed by atoms with Crippen LogP contribution in [0.15, 0.2) is 43.0 Å². The van der Waals surface area contributed by atoms with E-state index >= 15 is 4.39 Å². The number of allylic oxidation sites excluding steroid dienone is 1. The Morgan fingerprint density at radius 2 is 1.62 bits per heavy atom. The van der Waals surface area contributed by atoms with Gasteiger partial charge in [0.1, 0.15) is 17.5 Å². The minimum absolute atomic E-state index is 0.0416. The van der Waals surface area contributed by atoms with Crippen LogP contribution in [0.1, 0.15) is 39.9 Å². The maximum Gasteiger partial charge on any atom is 0.402 e. The van der Waals surface area contributed by atoms with Crippen molar-refractivity contribution in [2.75, 3.05) is 11.5 Å². The van der Waals surface area contributed by atoms with Crippen molar-refractivity contribution >= 4 is 62.5 Å². The monoisotopic (exact) mass is 639 g/mol. The lowest BCUT2D eigenvalue weighted by molar-refractivity contribution is -0.139. The predicted molar refractivity (Wildman–Crippen MR) is 138 cm³/mol. The van der Waals surface area contributed by atoms with Crippen molar-refractivity contribution in [2.24, 2.45) is 0 Å². The van der Waals surface area contributed by atoms with Crippen LogP contribution < -0.4 is 5.32 Å². The third kappa shape index (κ3) is 9.40. The molecule has 2 atom stereocenters. The summed E-state index contributed by atoms with van der Waals surface area (Å²) >= 11 is 17.4. The summed E-state index contributed by atoms with van der Waals surface area (Å²) in [6.07, 6.45) is -8.53. The quantitative estimate of drug-likeness (QED) is 0.223. The molecule has 2 rings (SSSR count). The second-order valence-corrected chi connectivity index (χ2v) is 11.7. The third-order valence-corrected chi connectivity index (χ3v) is 8.06. The number of rotatable bonds is 9. The van der Waals surface area contributed by atoms with Crippen LogP contribution in [0.3, 0.4) is 0 Å². The first-order chi connectivity index (χ1) is 17.7. The molecule has 0 bridgehead atoms. The second kappa shape index (κ2) is 12.5. The number of hydrogen-bond acceptors (Lipinski definition) is 3. The molecule has 0 fully saturated rings. The van der Waals surface area contributed by atoms with Crippen molar-refractivity contribution in [3.05, 3.63) is 80.3 Å². The van der Waals surface area contributed by atoms with Crippen LogP contribution in [-0.2, 0) is 9.84 Å².